The van der Waals surface area contributed by atoms with Crippen LogP contribution in [-0.4, -0.2) is 32.6 Å². The number of anilines is 1. The molecule has 0 aliphatic carbocycles. The number of aromatic nitrogens is 3. The van der Waals surface area contributed by atoms with Crippen molar-refractivity contribution in [2.75, 3.05) is 11.9 Å². The summed E-state index contributed by atoms with van der Waals surface area (Å²) in [5.74, 6) is 3.99. The summed E-state index contributed by atoms with van der Waals surface area (Å²) < 4.78 is 14.8. The summed E-state index contributed by atoms with van der Waals surface area (Å²) in [4.78, 5) is 11.7. The first-order chi connectivity index (χ1) is 9.69. The number of benzene rings is 1. The van der Waals surface area contributed by atoms with Gasteiger partial charge < -0.3 is 10.4 Å². The van der Waals surface area contributed by atoms with Gasteiger partial charge in [0.1, 0.15) is 19.0 Å². The summed E-state index contributed by atoms with van der Waals surface area (Å²) in [5, 5.41) is 18.4. The molecule has 0 unspecified atom stereocenters. The van der Waals surface area contributed by atoms with E-state index in [1.54, 1.807) is 6.20 Å². The molecule has 0 fully saturated rings. The maximum absolute atomic E-state index is 13.4. The van der Waals surface area contributed by atoms with Crippen LogP contribution in [-0.2, 0) is 11.3 Å². The lowest BCUT2D eigenvalue weighted by Gasteiger charge is -2.06. The van der Waals surface area contributed by atoms with Crippen LogP contribution in [0.15, 0.2) is 30.6 Å². The second kappa shape index (κ2) is 6.45. The average molecular weight is 274 g/mol. The minimum absolute atomic E-state index is 0.00896. The van der Waals surface area contributed by atoms with Gasteiger partial charge >= 0.3 is 0 Å². The van der Waals surface area contributed by atoms with Gasteiger partial charge in [0.2, 0.25) is 5.91 Å². The Hall–Kier alpha value is -2.72. The fourth-order valence-corrected chi connectivity index (χ4v) is 1.50. The van der Waals surface area contributed by atoms with Crippen LogP contribution < -0.4 is 5.32 Å². The maximum atomic E-state index is 13.4. The minimum Gasteiger partial charge on any atom is -0.384 e. The Morgan fingerprint density at radius 3 is 3.05 bits per heavy atom. The van der Waals surface area contributed by atoms with Crippen molar-refractivity contribution < 1.29 is 14.3 Å². The molecule has 1 aromatic heterocycles. The van der Waals surface area contributed by atoms with Crippen molar-refractivity contribution in [3.05, 3.63) is 42.0 Å². The molecule has 1 amide bonds. The number of amides is 1. The highest BCUT2D eigenvalue weighted by Gasteiger charge is 2.06. The smallest absolute Gasteiger partial charge is 0.246 e. The molecule has 0 atom stereocenters. The average Bonchev–Trinajstić information content (AvgIpc) is 2.92. The molecule has 0 radical (unpaired) electrons. The molecular weight excluding hydrogens is 263 g/mol. The maximum Gasteiger partial charge on any atom is 0.246 e. The number of carbonyl (C=O) groups is 1. The third-order valence-corrected chi connectivity index (χ3v) is 2.33. The fourth-order valence-electron chi connectivity index (χ4n) is 1.50. The van der Waals surface area contributed by atoms with E-state index < -0.39 is 5.82 Å². The van der Waals surface area contributed by atoms with Gasteiger partial charge in [0.15, 0.2) is 0 Å². The van der Waals surface area contributed by atoms with E-state index in [2.05, 4.69) is 27.5 Å². The number of carbonyl (C=O) groups excluding carboxylic acids is 1. The Labute approximate surface area is 114 Å². The van der Waals surface area contributed by atoms with Crippen molar-refractivity contribution >= 4 is 11.6 Å². The molecule has 0 aliphatic heterocycles. The molecule has 0 saturated carbocycles. The monoisotopic (exact) mass is 274 g/mol. The van der Waals surface area contributed by atoms with Crippen LogP contribution in [0.4, 0.5) is 10.1 Å². The summed E-state index contributed by atoms with van der Waals surface area (Å²) in [6.45, 7) is -0.350. The Kier molecular flexibility index (Phi) is 4.42. The molecule has 20 heavy (non-hydrogen) atoms. The highest BCUT2D eigenvalue weighted by atomic mass is 19.1. The predicted octanol–water partition coefficient (Wildman–Crippen LogP) is 0.400. The van der Waals surface area contributed by atoms with Crippen molar-refractivity contribution in [2.24, 2.45) is 0 Å². The first-order valence-electron chi connectivity index (χ1n) is 5.72. The van der Waals surface area contributed by atoms with Gasteiger partial charge in [0, 0.05) is 11.9 Å². The van der Waals surface area contributed by atoms with Crippen LogP contribution >= 0.6 is 0 Å². The lowest BCUT2D eigenvalue weighted by molar-refractivity contribution is -0.116. The summed E-state index contributed by atoms with van der Waals surface area (Å²) >= 11 is 0. The summed E-state index contributed by atoms with van der Waals surface area (Å²) in [6, 6.07) is 4.03. The third kappa shape index (κ3) is 3.63. The Bertz CT molecular complexity index is 659. The van der Waals surface area contributed by atoms with Crippen LogP contribution in [0.3, 0.4) is 0 Å². The summed E-state index contributed by atoms with van der Waals surface area (Å²) in [6.07, 6.45) is 3.02. The Morgan fingerprint density at radius 1 is 1.50 bits per heavy atom. The molecule has 6 nitrogen and oxygen atoms in total. The van der Waals surface area contributed by atoms with Crippen LogP contribution in [0.1, 0.15) is 5.56 Å². The molecule has 1 heterocycles. The second-order valence-corrected chi connectivity index (χ2v) is 3.80. The minimum atomic E-state index is -0.514. The highest BCUT2D eigenvalue weighted by Crippen LogP contribution is 2.14. The molecule has 0 aliphatic rings. The molecule has 2 N–H and O–H groups in total. The van der Waals surface area contributed by atoms with E-state index in [1.807, 2.05) is 0 Å². The van der Waals surface area contributed by atoms with E-state index in [0.717, 1.165) is 0 Å². The van der Waals surface area contributed by atoms with E-state index >= 15 is 0 Å². The normalized spacial score (nSPS) is 9.70. The molecule has 1 aromatic carbocycles. The predicted molar refractivity (Wildman–Crippen MR) is 69.0 cm³/mol. The standard InChI is InChI=1S/C13H11FN4O2/c14-12-4-3-11(8-10(12)2-1-7-19)16-13(20)9-18-6-5-15-17-18/h3-6,8,19H,7,9H2,(H,16,20). The van der Waals surface area contributed by atoms with E-state index in [4.69, 9.17) is 5.11 Å². The quantitative estimate of drug-likeness (QED) is 0.794. The van der Waals surface area contributed by atoms with Crippen LogP contribution in [0, 0.1) is 17.7 Å². The molecular formula is C13H11FN4O2. The van der Waals surface area contributed by atoms with E-state index in [9.17, 15) is 9.18 Å². The molecule has 2 aromatic rings. The largest absolute Gasteiger partial charge is 0.384 e. The first kappa shape index (κ1) is 13.7. The van der Waals surface area contributed by atoms with Crippen molar-refractivity contribution in [3.63, 3.8) is 0 Å². The molecule has 7 heteroatoms. The Balaban J connectivity index is 2.07. The molecule has 2 rings (SSSR count). The lowest BCUT2D eigenvalue weighted by Crippen LogP contribution is -2.19. The van der Waals surface area contributed by atoms with Crippen LogP contribution in [0.25, 0.3) is 0 Å². The number of rotatable bonds is 3. The number of aliphatic hydroxyl groups is 1. The number of aliphatic hydroxyl groups excluding tert-OH is 1. The van der Waals surface area contributed by atoms with Gasteiger partial charge in [-0.3, -0.25) is 4.79 Å². The van der Waals surface area contributed by atoms with Crippen molar-refractivity contribution in [2.45, 2.75) is 6.54 Å². The SMILES string of the molecule is O=C(Cn1ccnn1)Nc1ccc(F)c(C#CCO)c1. The number of hydrogen-bond acceptors (Lipinski definition) is 4. The zero-order chi connectivity index (χ0) is 14.4. The second-order valence-electron chi connectivity index (χ2n) is 3.80. The van der Waals surface area contributed by atoms with Gasteiger partial charge in [0.25, 0.3) is 0 Å². The van der Waals surface area contributed by atoms with Gasteiger partial charge in [-0.1, -0.05) is 17.1 Å². The molecule has 102 valence electrons. The van der Waals surface area contributed by atoms with Gasteiger partial charge in [-0.05, 0) is 18.2 Å². The van der Waals surface area contributed by atoms with E-state index in [-0.39, 0.29) is 24.6 Å². The van der Waals surface area contributed by atoms with Crippen molar-refractivity contribution in [1.82, 2.24) is 15.0 Å². The summed E-state index contributed by atoms with van der Waals surface area (Å²) in [5.41, 5.74) is 0.524. The van der Waals surface area contributed by atoms with E-state index in [0.29, 0.717) is 5.69 Å². The first-order valence-corrected chi connectivity index (χ1v) is 5.72. The van der Waals surface area contributed by atoms with Gasteiger partial charge in [-0.25, -0.2) is 9.07 Å². The van der Waals surface area contributed by atoms with E-state index in [1.165, 1.54) is 29.1 Å². The number of hydrogen-bond donors (Lipinski definition) is 2. The van der Waals surface area contributed by atoms with Crippen LogP contribution in [0.5, 0.6) is 0 Å². The summed E-state index contributed by atoms with van der Waals surface area (Å²) in [7, 11) is 0. The topological polar surface area (TPSA) is 80.0 Å². The van der Waals surface area contributed by atoms with Gasteiger partial charge in [-0.2, -0.15) is 0 Å². The number of nitrogens with zero attached hydrogens (tertiary/aromatic N) is 3. The Morgan fingerprint density at radius 2 is 2.35 bits per heavy atom. The third-order valence-electron chi connectivity index (χ3n) is 2.33. The molecule has 0 spiro atoms. The highest BCUT2D eigenvalue weighted by molar-refractivity contribution is 5.90. The fraction of sp³-hybridized carbons (Fsp3) is 0.154. The van der Waals surface area contributed by atoms with Gasteiger partial charge in [0.05, 0.1) is 11.8 Å². The van der Waals surface area contributed by atoms with Crippen molar-refractivity contribution in [3.8, 4) is 11.8 Å². The zero-order valence-electron chi connectivity index (χ0n) is 10.4. The van der Waals surface area contributed by atoms with Crippen LogP contribution in [0.2, 0.25) is 0 Å². The number of nitrogens with one attached hydrogen (secondary N) is 1. The zero-order valence-corrected chi connectivity index (χ0v) is 10.4. The van der Waals surface area contributed by atoms with Crippen molar-refractivity contribution in [1.29, 1.82) is 0 Å². The molecule has 0 saturated heterocycles. The van der Waals surface area contributed by atoms with Gasteiger partial charge in [-0.15, -0.1) is 5.10 Å². The molecule has 0 bridgehead atoms. The lowest BCUT2D eigenvalue weighted by atomic mass is 10.2. The number of halogens is 1.